The van der Waals surface area contributed by atoms with Gasteiger partial charge in [0.2, 0.25) is 5.91 Å². The second-order valence-corrected chi connectivity index (χ2v) is 4.32. The van der Waals surface area contributed by atoms with E-state index < -0.39 is 11.2 Å². The highest BCUT2D eigenvalue weighted by Crippen LogP contribution is 2.07. The molecule has 0 saturated heterocycles. The van der Waals surface area contributed by atoms with Gasteiger partial charge in [-0.2, -0.15) is 0 Å². The van der Waals surface area contributed by atoms with E-state index in [0.29, 0.717) is 17.4 Å². The van der Waals surface area contributed by atoms with Crippen LogP contribution >= 0.6 is 0 Å². The number of fused-ring (bicyclic) bond motifs is 1. The average Bonchev–Trinajstić information content (AvgIpc) is 2.36. The Morgan fingerprint density at radius 2 is 2.11 bits per heavy atom. The summed E-state index contributed by atoms with van der Waals surface area (Å²) in [6.07, 6.45) is 0. The van der Waals surface area contributed by atoms with Gasteiger partial charge in [-0.3, -0.25) is 14.2 Å². The Kier molecular flexibility index (Phi) is 3.50. The molecule has 0 aliphatic heterocycles. The molecule has 1 aromatic heterocycles. The molecule has 0 aliphatic carbocycles. The zero-order chi connectivity index (χ0) is 14.0. The van der Waals surface area contributed by atoms with E-state index in [-0.39, 0.29) is 12.5 Å². The Hall–Kier alpha value is -2.37. The lowest BCUT2D eigenvalue weighted by molar-refractivity contribution is -0.121. The lowest BCUT2D eigenvalue weighted by Gasteiger charge is -2.06. The first-order chi connectivity index (χ1) is 9.02. The summed E-state index contributed by atoms with van der Waals surface area (Å²) in [5, 5.41) is 2.96. The van der Waals surface area contributed by atoms with Gasteiger partial charge in [0.05, 0.1) is 10.9 Å². The molecule has 6 nitrogen and oxygen atoms in total. The molecule has 2 aromatic rings. The van der Waals surface area contributed by atoms with Crippen molar-refractivity contribution in [2.24, 2.45) is 0 Å². The lowest BCUT2D eigenvalue weighted by Crippen LogP contribution is -2.40. The van der Waals surface area contributed by atoms with E-state index in [0.717, 1.165) is 10.1 Å². The number of nitrogens with one attached hydrogen (secondary N) is 2. The number of rotatable bonds is 3. The highest BCUT2D eigenvalue weighted by atomic mass is 16.2. The first kappa shape index (κ1) is 13.1. The van der Waals surface area contributed by atoms with Crippen molar-refractivity contribution in [2.45, 2.75) is 20.4 Å². The largest absolute Gasteiger partial charge is 0.355 e. The molecule has 0 fully saturated rings. The molecular formula is C13H15N3O3. The van der Waals surface area contributed by atoms with Gasteiger partial charge in [-0.05, 0) is 26.0 Å². The number of hydrogen-bond acceptors (Lipinski definition) is 3. The average molecular weight is 261 g/mol. The fourth-order valence-electron chi connectivity index (χ4n) is 1.90. The lowest BCUT2D eigenvalue weighted by atomic mass is 10.2. The molecule has 0 spiro atoms. The van der Waals surface area contributed by atoms with Crippen LogP contribution in [-0.4, -0.2) is 22.0 Å². The van der Waals surface area contributed by atoms with Gasteiger partial charge in [-0.1, -0.05) is 11.6 Å². The summed E-state index contributed by atoms with van der Waals surface area (Å²) >= 11 is 0. The van der Waals surface area contributed by atoms with Crippen LogP contribution in [0.25, 0.3) is 10.9 Å². The topological polar surface area (TPSA) is 84.0 Å². The number of aryl methyl sites for hydroxylation is 1. The van der Waals surface area contributed by atoms with Crippen molar-refractivity contribution in [2.75, 3.05) is 6.54 Å². The zero-order valence-electron chi connectivity index (χ0n) is 10.8. The van der Waals surface area contributed by atoms with Crippen molar-refractivity contribution in [3.63, 3.8) is 0 Å². The number of hydrogen-bond donors (Lipinski definition) is 2. The molecule has 0 saturated carbocycles. The molecule has 1 amide bonds. The van der Waals surface area contributed by atoms with Gasteiger partial charge in [-0.25, -0.2) is 4.79 Å². The summed E-state index contributed by atoms with van der Waals surface area (Å²) in [4.78, 5) is 38.1. The van der Waals surface area contributed by atoms with Crippen molar-refractivity contribution in [1.82, 2.24) is 14.9 Å². The summed E-state index contributed by atoms with van der Waals surface area (Å²) in [6, 6.07) is 5.19. The molecule has 0 radical (unpaired) electrons. The summed E-state index contributed by atoms with van der Waals surface area (Å²) in [5.74, 6) is -0.359. The van der Waals surface area contributed by atoms with Crippen LogP contribution in [0.3, 0.4) is 0 Å². The van der Waals surface area contributed by atoms with Crippen LogP contribution in [-0.2, 0) is 11.3 Å². The summed E-state index contributed by atoms with van der Waals surface area (Å²) < 4.78 is 0.909. The highest BCUT2D eigenvalue weighted by Gasteiger charge is 2.10. The maximum atomic E-state index is 12.2. The van der Waals surface area contributed by atoms with Gasteiger partial charge in [0, 0.05) is 6.54 Å². The molecule has 2 N–H and O–H groups in total. The molecule has 6 heteroatoms. The fourth-order valence-corrected chi connectivity index (χ4v) is 1.90. The Labute approximate surface area is 109 Å². The third-order valence-corrected chi connectivity index (χ3v) is 2.81. The summed E-state index contributed by atoms with van der Waals surface area (Å²) in [5.41, 5.74) is 0.371. The summed E-state index contributed by atoms with van der Waals surface area (Å²) in [6.45, 7) is 3.82. The number of nitrogens with zero attached hydrogens (tertiary/aromatic N) is 1. The van der Waals surface area contributed by atoms with Gasteiger partial charge in [0.1, 0.15) is 6.54 Å². The number of likely N-dealkylation sites (N-methyl/N-ethyl adjacent to an activating group) is 1. The predicted molar refractivity (Wildman–Crippen MR) is 72.2 cm³/mol. The molecule has 19 heavy (non-hydrogen) atoms. The number of carbonyl (C=O) groups excluding carboxylic acids is 1. The van der Waals surface area contributed by atoms with E-state index in [1.165, 1.54) is 0 Å². The Morgan fingerprint density at radius 3 is 2.79 bits per heavy atom. The molecule has 2 rings (SSSR count). The van der Waals surface area contributed by atoms with Crippen molar-refractivity contribution < 1.29 is 4.79 Å². The number of amides is 1. The molecule has 1 heterocycles. The van der Waals surface area contributed by atoms with Gasteiger partial charge in [0.15, 0.2) is 0 Å². The first-order valence-electron chi connectivity index (χ1n) is 6.03. The van der Waals surface area contributed by atoms with E-state index in [2.05, 4.69) is 10.3 Å². The van der Waals surface area contributed by atoms with Gasteiger partial charge in [-0.15, -0.1) is 0 Å². The first-order valence-corrected chi connectivity index (χ1v) is 6.03. The smallest absolute Gasteiger partial charge is 0.329 e. The quantitative estimate of drug-likeness (QED) is 0.824. The second kappa shape index (κ2) is 5.09. The molecule has 0 atom stereocenters. The van der Waals surface area contributed by atoms with Gasteiger partial charge in [0.25, 0.3) is 5.56 Å². The van der Waals surface area contributed by atoms with Crippen LogP contribution in [0.4, 0.5) is 0 Å². The van der Waals surface area contributed by atoms with E-state index in [9.17, 15) is 14.4 Å². The minimum Gasteiger partial charge on any atom is -0.355 e. The monoisotopic (exact) mass is 261 g/mol. The maximum absolute atomic E-state index is 12.2. The maximum Gasteiger partial charge on any atom is 0.329 e. The van der Waals surface area contributed by atoms with E-state index in [1.807, 2.05) is 13.0 Å². The molecular weight excluding hydrogens is 246 g/mol. The number of aromatic nitrogens is 2. The minimum atomic E-state index is -0.576. The van der Waals surface area contributed by atoms with Crippen LogP contribution < -0.4 is 16.6 Å². The molecule has 0 aliphatic rings. The fraction of sp³-hybridized carbons (Fsp3) is 0.308. The summed E-state index contributed by atoms with van der Waals surface area (Å²) in [7, 11) is 0. The molecule has 1 aromatic carbocycles. The van der Waals surface area contributed by atoms with E-state index >= 15 is 0 Å². The SMILES string of the molecule is CCNC(=O)Cn1c(=O)[nH]c2ccc(C)cc2c1=O. The van der Waals surface area contributed by atoms with Gasteiger partial charge >= 0.3 is 5.69 Å². The van der Waals surface area contributed by atoms with Crippen LogP contribution in [0, 0.1) is 6.92 Å². The van der Waals surface area contributed by atoms with E-state index in [4.69, 9.17) is 0 Å². The highest BCUT2D eigenvalue weighted by molar-refractivity contribution is 5.79. The minimum absolute atomic E-state index is 0.272. The normalized spacial score (nSPS) is 10.6. The Balaban J connectivity index is 2.59. The van der Waals surface area contributed by atoms with Crippen LogP contribution in [0.15, 0.2) is 27.8 Å². The Bertz CT molecular complexity index is 743. The number of H-pyrrole nitrogens is 1. The van der Waals surface area contributed by atoms with Crippen LogP contribution in [0.1, 0.15) is 12.5 Å². The van der Waals surface area contributed by atoms with Crippen molar-refractivity contribution in [3.05, 3.63) is 44.6 Å². The number of carbonyl (C=O) groups is 1. The van der Waals surface area contributed by atoms with Crippen LogP contribution in [0.5, 0.6) is 0 Å². The molecule has 0 unspecified atom stereocenters. The van der Waals surface area contributed by atoms with Crippen molar-refractivity contribution in [1.29, 1.82) is 0 Å². The Morgan fingerprint density at radius 1 is 1.37 bits per heavy atom. The third kappa shape index (κ3) is 2.57. The zero-order valence-corrected chi connectivity index (χ0v) is 10.8. The molecule has 0 bridgehead atoms. The number of aromatic amines is 1. The van der Waals surface area contributed by atoms with Crippen molar-refractivity contribution in [3.8, 4) is 0 Å². The molecule has 100 valence electrons. The standard InChI is InChI=1S/C13H15N3O3/c1-3-14-11(17)7-16-12(18)9-6-8(2)4-5-10(9)15-13(16)19/h4-6H,3,7H2,1-2H3,(H,14,17)(H,15,19). The van der Waals surface area contributed by atoms with Crippen molar-refractivity contribution >= 4 is 16.8 Å². The third-order valence-electron chi connectivity index (χ3n) is 2.81. The van der Waals surface area contributed by atoms with Gasteiger partial charge < -0.3 is 10.3 Å². The second-order valence-electron chi connectivity index (χ2n) is 4.32. The van der Waals surface area contributed by atoms with Crippen LogP contribution in [0.2, 0.25) is 0 Å². The van der Waals surface area contributed by atoms with E-state index in [1.54, 1.807) is 19.1 Å². The predicted octanol–water partition coefficient (Wildman–Crippen LogP) is 0.134. The number of benzene rings is 1.